The summed E-state index contributed by atoms with van der Waals surface area (Å²) in [6, 6.07) is 6.03. The van der Waals surface area contributed by atoms with Crippen LogP contribution in [0.4, 0.5) is 15.9 Å². The van der Waals surface area contributed by atoms with Crippen LogP contribution in [0.2, 0.25) is 0 Å². The molecule has 1 amide bonds. The van der Waals surface area contributed by atoms with Gasteiger partial charge in [-0.3, -0.25) is 4.79 Å². The van der Waals surface area contributed by atoms with Gasteiger partial charge in [-0.1, -0.05) is 0 Å². The Morgan fingerprint density at radius 2 is 2.00 bits per heavy atom. The Hall–Kier alpha value is -2.61. The largest absolute Gasteiger partial charge is 0.353 e. The van der Waals surface area contributed by atoms with Gasteiger partial charge in [0.05, 0.1) is 11.9 Å². The van der Waals surface area contributed by atoms with Crippen molar-refractivity contribution in [2.45, 2.75) is 13.8 Å². The second-order valence-corrected chi connectivity index (χ2v) is 7.80. The number of aromatic nitrogens is 3. The lowest BCUT2D eigenvalue weighted by molar-refractivity contribution is 0.102. The summed E-state index contributed by atoms with van der Waals surface area (Å²) >= 11 is 1.93. The van der Waals surface area contributed by atoms with E-state index in [1.165, 1.54) is 12.1 Å². The molecule has 3 heterocycles. The predicted octanol–water partition coefficient (Wildman–Crippen LogP) is 3.29. The Labute approximate surface area is 160 Å². The molecule has 8 heteroatoms. The number of carbonyl (C=O) groups is 1. The Balaban J connectivity index is 1.67. The molecule has 0 radical (unpaired) electrons. The van der Waals surface area contributed by atoms with Gasteiger partial charge in [-0.2, -0.15) is 16.9 Å². The molecule has 0 atom stereocenters. The number of benzene rings is 1. The minimum absolute atomic E-state index is 0.304. The number of fused-ring (bicyclic) bond motifs is 1. The minimum Gasteiger partial charge on any atom is -0.353 e. The van der Waals surface area contributed by atoms with Gasteiger partial charge in [-0.15, -0.1) is 0 Å². The number of aryl methyl sites for hydroxylation is 2. The third-order valence-electron chi connectivity index (χ3n) is 4.54. The van der Waals surface area contributed by atoms with Crippen LogP contribution in [0.3, 0.4) is 0 Å². The van der Waals surface area contributed by atoms with Crippen molar-refractivity contribution in [1.29, 1.82) is 0 Å². The van der Waals surface area contributed by atoms with E-state index in [4.69, 9.17) is 0 Å². The SMILES string of the molecule is Cc1cn2nc(C(=O)Nc3ccc(F)cc3C)cc2c(N2CCSCC2)n1. The predicted molar refractivity (Wildman–Crippen MR) is 106 cm³/mol. The maximum atomic E-state index is 13.3. The molecule has 1 saturated heterocycles. The van der Waals surface area contributed by atoms with E-state index >= 15 is 0 Å². The fraction of sp³-hybridized carbons (Fsp3) is 0.316. The Morgan fingerprint density at radius 1 is 1.22 bits per heavy atom. The summed E-state index contributed by atoms with van der Waals surface area (Å²) < 4.78 is 15.0. The molecule has 4 rings (SSSR count). The molecule has 0 aliphatic carbocycles. The zero-order chi connectivity index (χ0) is 19.0. The van der Waals surface area contributed by atoms with Crippen molar-refractivity contribution in [2.24, 2.45) is 0 Å². The fourth-order valence-corrected chi connectivity index (χ4v) is 4.07. The fourth-order valence-electron chi connectivity index (χ4n) is 3.16. The van der Waals surface area contributed by atoms with E-state index in [-0.39, 0.29) is 11.7 Å². The van der Waals surface area contributed by atoms with Crippen LogP contribution < -0.4 is 10.2 Å². The lowest BCUT2D eigenvalue weighted by Gasteiger charge is -2.28. The first-order valence-corrected chi connectivity index (χ1v) is 9.94. The number of amides is 1. The van der Waals surface area contributed by atoms with Crippen LogP contribution in [0.25, 0.3) is 5.52 Å². The molecule has 27 heavy (non-hydrogen) atoms. The second kappa shape index (κ2) is 7.19. The lowest BCUT2D eigenvalue weighted by Crippen LogP contribution is -2.33. The first kappa shape index (κ1) is 17.8. The zero-order valence-corrected chi connectivity index (χ0v) is 16.0. The van der Waals surface area contributed by atoms with Gasteiger partial charge in [0.25, 0.3) is 5.91 Å². The van der Waals surface area contributed by atoms with Crippen molar-refractivity contribution in [3.8, 4) is 0 Å². The van der Waals surface area contributed by atoms with Crippen LogP contribution in [0.5, 0.6) is 0 Å². The summed E-state index contributed by atoms with van der Waals surface area (Å²) in [7, 11) is 0. The number of halogens is 1. The molecule has 140 valence electrons. The van der Waals surface area contributed by atoms with Gasteiger partial charge in [0.2, 0.25) is 0 Å². The van der Waals surface area contributed by atoms with Crippen LogP contribution in [0.15, 0.2) is 30.5 Å². The van der Waals surface area contributed by atoms with Crippen LogP contribution in [-0.2, 0) is 0 Å². The molecule has 2 aromatic heterocycles. The molecular weight excluding hydrogens is 365 g/mol. The molecule has 0 saturated carbocycles. The molecule has 6 nitrogen and oxygen atoms in total. The van der Waals surface area contributed by atoms with E-state index in [1.54, 1.807) is 23.6 Å². The molecular formula is C19H20FN5OS. The smallest absolute Gasteiger partial charge is 0.276 e. The van der Waals surface area contributed by atoms with Gasteiger partial charge in [0.1, 0.15) is 11.3 Å². The highest BCUT2D eigenvalue weighted by atomic mass is 32.2. The molecule has 1 N–H and O–H groups in total. The number of nitrogens with zero attached hydrogens (tertiary/aromatic N) is 4. The van der Waals surface area contributed by atoms with E-state index in [9.17, 15) is 9.18 Å². The van der Waals surface area contributed by atoms with Gasteiger partial charge >= 0.3 is 0 Å². The van der Waals surface area contributed by atoms with Gasteiger partial charge in [0, 0.05) is 36.3 Å². The maximum absolute atomic E-state index is 13.3. The summed E-state index contributed by atoms with van der Waals surface area (Å²) in [5.74, 6) is 2.33. The summed E-state index contributed by atoms with van der Waals surface area (Å²) in [6.45, 7) is 5.53. The molecule has 0 bridgehead atoms. The van der Waals surface area contributed by atoms with Crippen LogP contribution >= 0.6 is 11.8 Å². The normalized spacial score (nSPS) is 14.6. The van der Waals surface area contributed by atoms with Gasteiger partial charge in [-0.25, -0.2) is 13.9 Å². The van der Waals surface area contributed by atoms with Gasteiger partial charge in [0.15, 0.2) is 11.5 Å². The van der Waals surface area contributed by atoms with Crippen molar-refractivity contribution in [3.63, 3.8) is 0 Å². The maximum Gasteiger partial charge on any atom is 0.276 e. The van der Waals surface area contributed by atoms with Crippen molar-refractivity contribution < 1.29 is 9.18 Å². The molecule has 0 unspecified atom stereocenters. The second-order valence-electron chi connectivity index (χ2n) is 6.58. The summed E-state index contributed by atoms with van der Waals surface area (Å²) in [4.78, 5) is 19.6. The van der Waals surface area contributed by atoms with Crippen molar-refractivity contribution in [1.82, 2.24) is 14.6 Å². The molecule has 1 aliphatic heterocycles. The highest BCUT2D eigenvalue weighted by Crippen LogP contribution is 2.24. The van der Waals surface area contributed by atoms with E-state index in [0.717, 1.165) is 41.6 Å². The highest BCUT2D eigenvalue weighted by Gasteiger charge is 2.20. The molecule has 1 aliphatic rings. The van der Waals surface area contributed by atoms with Crippen LogP contribution in [0, 0.1) is 19.7 Å². The number of carbonyl (C=O) groups excluding carboxylic acids is 1. The Kier molecular flexibility index (Phi) is 4.73. The standard InChI is InChI=1S/C19H20FN5OS/c1-12-9-14(20)3-4-15(12)22-19(26)16-10-17-18(24-5-7-27-8-6-24)21-13(2)11-25(17)23-16/h3-4,9-11H,5-8H2,1-2H3,(H,22,26). The third-order valence-corrected chi connectivity index (χ3v) is 5.48. The number of rotatable bonds is 3. The highest BCUT2D eigenvalue weighted by molar-refractivity contribution is 7.99. The molecule has 0 spiro atoms. The monoisotopic (exact) mass is 385 g/mol. The third kappa shape index (κ3) is 3.62. The van der Waals surface area contributed by atoms with E-state index in [0.29, 0.717) is 16.9 Å². The zero-order valence-electron chi connectivity index (χ0n) is 15.2. The number of hydrogen-bond donors (Lipinski definition) is 1. The first-order valence-electron chi connectivity index (χ1n) is 8.78. The summed E-state index contributed by atoms with van der Waals surface area (Å²) in [5.41, 5.74) is 3.20. The van der Waals surface area contributed by atoms with E-state index in [1.807, 2.05) is 24.9 Å². The number of nitrogens with one attached hydrogen (secondary N) is 1. The van der Waals surface area contributed by atoms with Crippen LogP contribution in [-0.4, -0.2) is 45.1 Å². The van der Waals surface area contributed by atoms with E-state index in [2.05, 4.69) is 20.3 Å². The first-order chi connectivity index (χ1) is 13.0. The molecule has 1 fully saturated rings. The minimum atomic E-state index is -0.330. The Morgan fingerprint density at radius 3 is 2.74 bits per heavy atom. The summed E-state index contributed by atoms with van der Waals surface area (Å²) in [6.07, 6.45) is 1.82. The van der Waals surface area contributed by atoms with Crippen molar-refractivity contribution in [2.75, 3.05) is 34.8 Å². The average molecular weight is 385 g/mol. The van der Waals surface area contributed by atoms with Crippen LogP contribution in [0.1, 0.15) is 21.7 Å². The number of thioether (sulfide) groups is 1. The lowest BCUT2D eigenvalue weighted by atomic mass is 10.2. The quantitative estimate of drug-likeness (QED) is 0.750. The summed E-state index contributed by atoms with van der Waals surface area (Å²) in [5, 5.41) is 7.24. The van der Waals surface area contributed by atoms with Gasteiger partial charge in [-0.05, 0) is 37.6 Å². The molecule has 3 aromatic rings. The van der Waals surface area contributed by atoms with E-state index < -0.39 is 0 Å². The topological polar surface area (TPSA) is 62.5 Å². The number of hydrogen-bond acceptors (Lipinski definition) is 5. The van der Waals surface area contributed by atoms with Crippen molar-refractivity contribution >= 4 is 34.7 Å². The van der Waals surface area contributed by atoms with Gasteiger partial charge < -0.3 is 10.2 Å². The van der Waals surface area contributed by atoms with Crippen molar-refractivity contribution in [3.05, 3.63) is 53.2 Å². The average Bonchev–Trinajstić information content (AvgIpc) is 3.08. The Bertz CT molecular complexity index is 1010. The molecule has 1 aromatic carbocycles. The number of anilines is 2.